The number of thiophene rings is 1. The van der Waals surface area contributed by atoms with Crippen LogP contribution in [0.2, 0.25) is 0 Å². The van der Waals surface area contributed by atoms with E-state index in [2.05, 4.69) is 41.8 Å². The van der Waals surface area contributed by atoms with Crippen molar-refractivity contribution in [3.05, 3.63) is 92.2 Å². The number of carbonyl (C=O) groups excluding carboxylic acids is 1. The van der Waals surface area contributed by atoms with Gasteiger partial charge in [0.05, 0.1) is 17.5 Å². The summed E-state index contributed by atoms with van der Waals surface area (Å²) in [4.78, 5) is 24.2. The van der Waals surface area contributed by atoms with Crippen molar-refractivity contribution in [3.63, 3.8) is 0 Å². The van der Waals surface area contributed by atoms with Crippen molar-refractivity contribution in [1.29, 1.82) is 0 Å². The number of para-hydroxylation sites is 2. The lowest BCUT2D eigenvalue weighted by Crippen LogP contribution is -2.31. The van der Waals surface area contributed by atoms with Crippen molar-refractivity contribution in [2.24, 2.45) is 0 Å². The van der Waals surface area contributed by atoms with Crippen LogP contribution < -0.4 is 10.6 Å². The van der Waals surface area contributed by atoms with Gasteiger partial charge in [-0.25, -0.2) is 0 Å². The Bertz CT molecular complexity index is 956. The summed E-state index contributed by atoms with van der Waals surface area (Å²) in [7, 11) is 0. The van der Waals surface area contributed by atoms with Gasteiger partial charge < -0.3 is 5.32 Å². The number of carbonyl (C=O) groups is 1. The zero-order valence-corrected chi connectivity index (χ0v) is 16.9. The lowest BCUT2D eigenvalue weighted by atomic mass is 10.0. The third-order valence-corrected chi connectivity index (χ3v) is 5.46. The largest absolute Gasteiger partial charge is 0.319 e. The summed E-state index contributed by atoms with van der Waals surface area (Å²) in [5.41, 5.74) is 2.43. The molecule has 0 spiro atoms. The maximum Gasteiger partial charge on any atom is 0.292 e. The number of rotatable bonds is 9. The Balaban J connectivity index is 1.71. The standard InChI is InChI=1S/C22H23N3O3S/c1-2-6-16-10-12-17(13-11-16)22(20-9-5-14-29-20)23-15-21(26)24-18-7-3-4-8-19(18)25(27)28/h3-5,7-14,22-23H,2,6,15H2,1H3,(H,24,26)/t22-/m0/s1. The van der Waals surface area contributed by atoms with Crippen LogP contribution >= 0.6 is 11.3 Å². The minimum atomic E-state index is -0.505. The molecule has 3 rings (SSSR count). The lowest BCUT2D eigenvalue weighted by Gasteiger charge is -2.18. The van der Waals surface area contributed by atoms with E-state index in [9.17, 15) is 14.9 Å². The Hall–Kier alpha value is -3.03. The number of nitrogens with one attached hydrogen (secondary N) is 2. The normalized spacial score (nSPS) is 11.8. The first-order valence-corrected chi connectivity index (χ1v) is 10.4. The second kappa shape index (κ2) is 9.95. The fraction of sp³-hybridized carbons (Fsp3) is 0.227. The Morgan fingerprint density at radius 3 is 2.52 bits per heavy atom. The van der Waals surface area contributed by atoms with Gasteiger partial charge >= 0.3 is 0 Å². The first-order chi connectivity index (χ1) is 14.1. The molecule has 0 aliphatic heterocycles. The van der Waals surface area contributed by atoms with Gasteiger partial charge in [-0.3, -0.25) is 20.2 Å². The Morgan fingerprint density at radius 1 is 1.10 bits per heavy atom. The molecule has 1 heterocycles. The van der Waals surface area contributed by atoms with Crippen LogP contribution in [0.5, 0.6) is 0 Å². The summed E-state index contributed by atoms with van der Waals surface area (Å²) in [6.45, 7) is 2.19. The fourth-order valence-corrected chi connectivity index (χ4v) is 3.96. The molecule has 0 aliphatic carbocycles. The summed E-state index contributed by atoms with van der Waals surface area (Å²) in [6.07, 6.45) is 2.13. The second-order valence-electron chi connectivity index (χ2n) is 6.64. The lowest BCUT2D eigenvalue weighted by molar-refractivity contribution is -0.383. The molecule has 0 aliphatic rings. The molecule has 6 nitrogen and oxygen atoms in total. The minimum absolute atomic E-state index is 0.0331. The molecular formula is C22H23N3O3S. The number of amides is 1. The first kappa shape index (κ1) is 20.7. The van der Waals surface area contributed by atoms with Gasteiger partial charge in [0, 0.05) is 10.9 Å². The maximum absolute atomic E-state index is 12.4. The molecule has 29 heavy (non-hydrogen) atoms. The van der Waals surface area contributed by atoms with Crippen LogP contribution in [0.25, 0.3) is 0 Å². The van der Waals surface area contributed by atoms with Gasteiger partial charge in [0.15, 0.2) is 0 Å². The number of nitro benzene ring substituents is 1. The van der Waals surface area contributed by atoms with Crippen LogP contribution in [0.3, 0.4) is 0 Å². The highest BCUT2D eigenvalue weighted by Crippen LogP contribution is 2.27. The van der Waals surface area contributed by atoms with E-state index in [1.54, 1.807) is 23.5 Å². The van der Waals surface area contributed by atoms with Crippen molar-refractivity contribution < 1.29 is 9.72 Å². The third-order valence-electron chi connectivity index (χ3n) is 4.52. The molecule has 0 saturated heterocycles. The highest BCUT2D eigenvalue weighted by molar-refractivity contribution is 7.10. The Morgan fingerprint density at radius 2 is 1.86 bits per heavy atom. The molecule has 0 saturated carbocycles. The average Bonchev–Trinajstić information content (AvgIpc) is 3.24. The van der Waals surface area contributed by atoms with Crippen LogP contribution in [0.1, 0.15) is 35.4 Å². The van der Waals surface area contributed by atoms with Gasteiger partial charge in [-0.2, -0.15) is 0 Å². The van der Waals surface area contributed by atoms with Crippen LogP contribution in [0.4, 0.5) is 11.4 Å². The number of hydrogen-bond acceptors (Lipinski definition) is 5. The van der Waals surface area contributed by atoms with Crippen LogP contribution in [-0.2, 0) is 11.2 Å². The Labute approximate surface area is 173 Å². The SMILES string of the molecule is CCCc1ccc([C@H](NCC(=O)Nc2ccccc2[N+](=O)[O-])c2cccs2)cc1. The number of anilines is 1. The summed E-state index contributed by atoms with van der Waals surface area (Å²) in [6, 6.07) is 18.4. The molecule has 1 aromatic heterocycles. The quantitative estimate of drug-likeness (QED) is 0.388. The number of hydrogen-bond donors (Lipinski definition) is 2. The van der Waals surface area contributed by atoms with Gasteiger partial charge in [0.1, 0.15) is 5.69 Å². The molecule has 0 unspecified atom stereocenters. The molecule has 1 amide bonds. The minimum Gasteiger partial charge on any atom is -0.319 e. The van der Waals surface area contributed by atoms with E-state index in [1.165, 1.54) is 17.7 Å². The van der Waals surface area contributed by atoms with Crippen molar-refractivity contribution in [1.82, 2.24) is 5.32 Å². The summed E-state index contributed by atoms with van der Waals surface area (Å²) in [5, 5.41) is 19.0. The van der Waals surface area contributed by atoms with Crippen molar-refractivity contribution >= 4 is 28.6 Å². The molecule has 0 fully saturated rings. The van der Waals surface area contributed by atoms with Gasteiger partial charge in [-0.05, 0) is 35.1 Å². The zero-order chi connectivity index (χ0) is 20.6. The van der Waals surface area contributed by atoms with Gasteiger partial charge in [-0.1, -0.05) is 55.8 Å². The summed E-state index contributed by atoms with van der Waals surface area (Å²) in [5.74, 6) is -0.330. The molecule has 1 atom stereocenters. The molecule has 2 aromatic carbocycles. The highest BCUT2D eigenvalue weighted by Gasteiger charge is 2.18. The van der Waals surface area contributed by atoms with Crippen molar-refractivity contribution in [2.45, 2.75) is 25.8 Å². The van der Waals surface area contributed by atoms with Crippen molar-refractivity contribution in [3.8, 4) is 0 Å². The highest BCUT2D eigenvalue weighted by atomic mass is 32.1. The van der Waals surface area contributed by atoms with Crippen LogP contribution in [-0.4, -0.2) is 17.4 Å². The average molecular weight is 410 g/mol. The zero-order valence-electron chi connectivity index (χ0n) is 16.1. The predicted octanol–water partition coefficient (Wildman–Crippen LogP) is 4.93. The van der Waals surface area contributed by atoms with Crippen LogP contribution in [0, 0.1) is 10.1 Å². The Kier molecular flexibility index (Phi) is 7.10. The summed E-state index contributed by atoms with van der Waals surface area (Å²) < 4.78 is 0. The number of nitro groups is 1. The molecule has 0 bridgehead atoms. The van der Waals surface area contributed by atoms with Crippen LogP contribution in [0.15, 0.2) is 66.0 Å². The van der Waals surface area contributed by atoms with E-state index >= 15 is 0 Å². The smallest absolute Gasteiger partial charge is 0.292 e. The first-order valence-electron chi connectivity index (χ1n) is 9.47. The third kappa shape index (κ3) is 5.49. The van der Waals surface area contributed by atoms with Gasteiger partial charge in [0.25, 0.3) is 5.69 Å². The summed E-state index contributed by atoms with van der Waals surface area (Å²) >= 11 is 1.62. The number of aryl methyl sites for hydroxylation is 1. The van der Waals surface area contributed by atoms with E-state index in [0.29, 0.717) is 0 Å². The molecule has 150 valence electrons. The van der Waals surface area contributed by atoms with E-state index in [1.807, 2.05) is 17.5 Å². The van der Waals surface area contributed by atoms with Gasteiger partial charge in [0.2, 0.25) is 5.91 Å². The molecular weight excluding hydrogens is 386 g/mol. The predicted molar refractivity (Wildman–Crippen MR) is 116 cm³/mol. The fourth-order valence-electron chi connectivity index (χ4n) is 3.13. The molecule has 3 aromatic rings. The van der Waals surface area contributed by atoms with E-state index < -0.39 is 4.92 Å². The monoisotopic (exact) mass is 409 g/mol. The molecule has 2 N–H and O–H groups in total. The molecule has 7 heteroatoms. The maximum atomic E-state index is 12.4. The topological polar surface area (TPSA) is 84.3 Å². The second-order valence-corrected chi connectivity index (χ2v) is 7.62. The number of nitrogens with zero attached hydrogens (tertiary/aromatic N) is 1. The van der Waals surface area contributed by atoms with E-state index in [-0.39, 0.29) is 29.9 Å². The van der Waals surface area contributed by atoms with Gasteiger partial charge in [-0.15, -0.1) is 11.3 Å². The van der Waals surface area contributed by atoms with E-state index in [4.69, 9.17) is 0 Å². The molecule has 0 radical (unpaired) electrons. The number of benzene rings is 2. The van der Waals surface area contributed by atoms with Crippen molar-refractivity contribution in [2.75, 3.05) is 11.9 Å². The van der Waals surface area contributed by atoms with E-state index in [0.717, 1.165) is 23.3 Å².